The average molecular weight is 253 g/mol. The van der Waals surface area contributed by atoms with E-state index < -0.39 is 0 Å². The molecule has 2 N–H and O–H groups in total. The van der Waals surface area contributed by atoms with Gasteiger partial charge in [0.15, 0.2) is 0 Å². The van der Waals surface area contributed by atoms with E-state index in [1.807, 2.05) is 31.2 Å². The minimum atomic E-state index is 0.427. The first-order valence-electron chi connectivity index (χ1n) is 5.97. The zero-order valence-electron chi connectivity index (χ0n) is 10.9. The summed E-state index contributed by atoms with van der Waals surface area (Å²) in [4.78, 5) is 8.50. The maximum Gasteiger partial charge on any atom is 0.224 e. The van der Waals surface area contributed by atoms with Gasteiger partial charge >= 0.3 is 0 Å². The van der Waals surface area contributed by atoms with Gasteiger partial charge in [-0.05, 0) is 24.6 Å². The van der Waals surface area contributed by atoms with E-state index in [0.717, 1.165) is 22.6 Å². The van der Waals surface area contributed by atoms with Gasteiger partial charge in [0, 0.05) is 24.5 Å². The molecule has 2 aromatic rings. The summed E-state index contributed by atoms with van der Waals surface area (Å²) in [5, 5.41) is 14.8. The Kier molecular flexibility index (Phi) is 3.94. The highest BCUT2D eigenvalue weighted by Gasteiger charge is 2.03. The molecule has 1 aromatic heterocycles. The van der Waals surface area contributed by atoms with Crippen LogP contribution in [-0.4, -0.2) is 17.0 Å². The monoisotopic (exact) mass is 253 g/mol. The van der Waals surface area contributed by atoms with E-state index in [1.54, 1.807) is 13.2 Å². The minimum absolute atomic E-state index is 0.427. The first kappa shape index (κ1) is 12.8. The molecule has 1 heterocycles. The van der Waals surface area contributed by atoms with Gasteiger partial charge in [0.25, 0.3) is 0 Å². The average Bonchev–Trinajstić information content (AvgIpc) is 2.44. The standard InChI is InChI=1S/C14H15N5/c1-10-9-17-14(16-2)19-13(10)18-12-5-3-11(4-6-12)7-8-15/h3-6,9H,7H2,1-2H3,(H2,16,17,18,19). The van der Waals surface area contributed by atoms with Gasteiger partial charge in [0.2, 0.25) is 5.95 Å². The number of hydrogen-bond acceptors (Lipinski definition) is 5. The van der Waals surface area contributed by atoms with Crippen LogP contribution in [0.3, 0.4) is 0 Å². The smallest absolute Gasteiger partial charge is 0.224 e. The number of hydrogen-bond donors (Lipinski definition) is 2. The molecule has 0 unspecified atom stereocenters. The Balaban J connectivity index is 2.19. The molecule has 0 radical (unpaired) electrons. The van der Waals surface area contributed by atoms with Gasteiger partial charge in [0.1, 0.15) is 5.82 Å². The van der Waals surface area contributed by atoms with E-state index in [9.17, 15) is 0 Å². The van der Waals surface area contributed by atoms with Crippen LogP contribution >= 0.6 is 0 Å². The van der Waals surface area contributed by atoms with Crippen LogP contribution in [0.25, 0.3) is 0 Å². The van der Waals surface area contributed by atoms with Crippen LogP contribution in [0, 0.1) is 18.3 Å². The van der Waals surface area contributed by atoms with Crippen LogP contribution in [0.2, 0.25) is 0 Å². The van der Waals surface area contributed by atoms with Gasteiger partial charge in [0.05, 0.1) is 12.5 Å². The number of benzene rings is 1. The highest BCUT2D eigenvalue weighted by molar-refractivity contribution is 5.60. The summed E-state index contributed by atoms with van der Waals surface area (Å²) < 4.78 is 0. The summed E-state index contributed by atoms with van der Waals surface area (Å²) in [5.41, 5.74) is 2.91. The number of rotatable bonds is 4. The molecule has 0 aliphatic carbocycles. The van der Waals surface area contributed by atoms with Gasteiger partial charge < -0.3 is 10.6 Å². The first-order chi connectivity index (χ1) is 9.22. The first-order valence-corrected chi connectivity index (χ1v) is 5.97. The second kappa shape index (κ2) is 5.83. The molecule has 96 valence electrons. The molecule has 0 aliphatic heterocycles. The molecular formula is C14H15N5. The van der Waals surface area contributed by atoms with Gasteiger partial charge in [-0.25, -0.2) is 4.98 Å². The van der Waals surface area contributed by atoms with Gasteiger partial charge in [-0.3, -0.25) is 0 Å². The van der Waals surface area contributed by atoms with Crippen molar-refractivity contribution in [1.82, 2.24) is 9.97 Å². The quantitative estimate of drug-likeness (QED) is 0.876. The molecule has 0 amide bonds. The normalized spacial score (nSPS) is 9.74. The predicted molar refractivity (Wildman–Crippen MR) is 75.4 cm³/mol. The van der Waals surface area contributed by atoms with E-state index in [0.29, 0.717) is 12.4 Å². The Labute approximate surface area is 112 Å². The Bertz CT molecular complexity index is 598. The minimum Gasteiger partial charge on any atom is -0.357 e. The molecule has 0 bridgehead atoms. The molecule has 19 heavy (non-hydrogen) atoms. The van der Waals surface area contributed by atoms with Crippen molar-refractivity contribution in [3.8, 4) is 6.07 Å². The lowest BCUT2D eigenvalue weighted by Gasteiger charge is -2.10. The van der Waals surface area contributed by atoms with Crippen LogP contribution in [0.1, 0.15) is 11.1 Å². The summed E-state index contributed by atoms with van der Waals surface area (Å²) in [6, 6.07) is 9.87. The van der Waals surface area contributed by atoms with Crippen molar-refractivity contribution >= 4 is 17.5 Å². The number of anilines is 3. The Morgan fingerprint density at radius 3 is 2.63 bits per heavy atom. The van der Waals surface area contributed by atoms with Crippen LogP contribution in [-0.2, 0) is 6.42 Å². The fourth-order valence-electron chi connectivity index (χ4n) is 1.62. The van der Waals surface area contributed by atoms with Crippen LogP contribution < -0.4 is 10.6 Å². The third-order valence-electron chi connectivity index (χ3n) is 2.70. The maximum atomic E-state index is 8.63. The van der Waals surface area contributed by atoms with Crippen molar-refractivity contribution in [2.24, 2.45) is 0 Å². The van der Waals surface area contributed by atoms with Crippen molar-refractivity contribution < 1.29 is 0 Å². The SMILES string of the molecule is CNc1ncc(C)c(Nc2ccc(CC#N)cc2)n1. The molecule has 0 spiro atoms. The number of nitriles is 1. The Morgan fingerprint density at radius 1 is 1.26 bits per heavy atom. The fourth-order valence-corrected chi connectivity index (χ4v) is 1.62. The lowest BCUT2D eigenvalue weighted by Crippen LogP contribution is -2.02. The number of nitrogens with one attached hydrogen (secondary N) is 2. The lowest BCUT2D eigenvalue weighted by atomic mass is 10.1. The van der Waals surface area contributed by atoms with Crippen molar-refractivity contribution in [3.63, 3.8) is 0 Å². The van der Waals surface area contributed by atoms with E-state index in [4.69, 9.17) is 5.26 Å². The topological polar surface area (TPSA) is 73.6 Å². The number of aryl methyl sites for hydroxylation is 1. The largest absolute Gasteiger partial charge is 0.357 e. The summed E-state index contributed by atoms with van der Waals surface area (Å²) in [6.07, 6.45) is 2.20. The van der Waals surface area contributed by atoms with E-state index in [2.05, 4.69) is 26.7 Å². The molecule has 0 saturated heterocycles. The van der Waals surface area contributed by atoms with Crippen LogP contribution in [0.5, 0.6) is 0 Å². The van der Waals surface area contributed by atoms with Gasteiger partial charge in [-0.15, -0.1) is 0 Å². The number of nitrogens with zero attached hydrogens (tertiary/aromatic N) is 3. The molecule has 0 saturated carbocycles. The van der Waals surface area contributed by atoms with E-state index in [-0.39, 0.29) is 0 Å². The fraction of sp³-hybridized carbons (Fsp3) is 0.214. The van der Waals surface area contributed by atoms with Gasteiger partial charge in [-0.2, -0.15) is 10.2 Å². The number of aromatic nitrogens is 2. The maximum absolute atomic E-state index is 8.63. The molecule has 5 heteroatoms. The third kappa shape index (κ3) is 3.19. The lowest BCUT2D eigenvalue weighted by molar-refractivity contribution is 1.12. The molecule has 0 atom stereocenters. The summed E-state index contributed by atoms with van der Waals surface area (Å²) in [6.45, 7) is 1.95. The van der Waals surface area contributed by atoms with Crippen LogP contribution in [0.4, 0.5) is 17.5 Å². The molecule has 1 aromatic carbocycles. The van der Waals surface area contributed by atoms with E-state index >= 15 is 0 Å². The van der Waals surface area contributed by atoms with E-state index in [1.165, 1.54) is 0 Å². The molecular weight excluding hydrogens is 238 g/mol. The molecule has 0 aliphatic rings. The Hall–Kier alpha value is -2.61. The second-order valence-electron chi connectivity index (χ2n) is 4.13. The highest BCUT2D eigenvalue weighted by Crippen LogP contribution is 2.19. The van der Waals surface area contributed by atoms with Crippen LogP contribution in [0.15, 0.2) is 30.5 Å². The zero-order chi connectivity index (χ0) is 13.7. The summed E-state index contributed by atoms with van der Waals surface area (Å²) >= 11 is 0. The second-order valence-corrected chi connectivity index (χ2v) is 4.13. The zero-order valence-corrected chi connectivity index (χ0v) is 10.9. The molecule has 2 rings (SSSR count). The van der Waals surface area contributed by atoms with Crippen molar-refractivity contribution in [1.29, 1.82) is 5.26 Å². The molecule has 5 nitrogen and oxygen atoms in total. The Morgan fingerprint density at radius 2 is 2.00 bits per heavy atom. The van der Waals surface area contributed by atoms with Crippen molar-refractivity contribution in [2.75, 3.05) is 17.7 Å². The predicted octanol–water partition coefficient (Wildman–Crippen LogP) is 2.64. The third-order valence-corrected chi connectivity index (χ3v) is 2.70. The molecule has 0 fully saturated rings. The summed E-state index contributed by atoms with van der Waals surface area (Å²) in [7, 11) is 1.78. The van der Waals surface area contributed by atoms with Gasteiger partial charge in [-0.1, -0.05) is 12.1 Å². The highest BCUT2D eigenvalue weighted by atomic mass is 15.1. The van der Waals surface area contributed by atoms with Crippen molar-refractivity contribution in [2.45, 2.75) is 13.3 Å². The van der Waals surface area contributed by atoms with Crippen molar-refractivity contribution in [3.05, 3.63) is 41.6 Å². The summed E-state index contributed by atoms with van der Waals surface area (Å²) in [5.74, 6) is 1.35.